The summed E-state index contributed by atoms with van der Waals surface area (Å²) in [7, 11) is 0. The van der Waals surface area contributed by atoms with Crippen molar-refractivity contribution in [3.05, 3.63) is 11.8 Å². The van der Waals surface area contributed by atoms with E-state index >= 15 is 0 Å². The molecule has 128 valence electrons. The predicted molar refractivity (Wildman–Crippen MR) is 88.6 cm³/mol. The number of piperazine rings is 1. The molecule has 1 aromatic heterocycles. The third-order valence-corrected chi connectivity index (χ3v) is 4.83. The average molecular weight is 320 g/mol. The zero-order valence-corrected chi connectivity index (χ0v) is 14.2. The molecular weight excluding hydrogens is 292 g/mol. The molecule has 2 aliphatic rings. The van der Waals surface area contributed by atoms with Gasteiger partial charge in [0.15, 0.2) is 0 Å². The molecule has 0 N–H and O–H groups in total. The lowest BCUT2D eigenvalue weighted by Crippen LogP contribution is -2.48. The number of carbonyl (C=O) groups excluding carboxylic acids is 1. The highest BCUT2D eigenvalue weighted by atomic mass is 16.5. The van der Waals surface area contributed by atoms with Gasteiger partial charge in [0.2, 0.25) is 11.8 Å². The van der Waals surface area contributed by atoms with Gasteiger partial charge in [0.1, 0.15) is 0 Å². The highest BCUT2D eigenvalue weighted by Gasteiger charge is 2.18. The standard InChI is InChI=1S/C17H28N4O2/c1-15(22)20-11-9-19(10-12-20)7-4-5-13-23-17-14-16-6-2-3-8-21(16)18-17/h14H,2-13H2,1H3. The first kappa shape index (κ1) is 16.3. The molecule has 6 nitrogen and oxygen atoms in total. The van der Waals surface area contributed by atoms with E-state index < -0.39 is 0 Å². The van der Waals surface area contributed by atoms with E-state index in [9.17, 15) is 4.79 Å². The van der Waals surface area contributed by atoms with E-state index in [1.807, 2.05) is 4.90 Å². The highest BCUT2D eigenvalue weighted by Crippen LogP contribution is 2.19. The summed E-state index contributed by atoms with van der Waals surface area (Å²) in [4.78, 5) is 15.7. The van der Waals surface area contributed by atoms with Crippen molar-refractivity contribution in [2.45, 2.75) is 45.6 Å². The number of unbranched alkanes of at least 4 members (excludes halogenated alkanes) is 1. The topological polar surface area (TPSA) is 50.6 Å². The monoisotopic (exact) mass is 320 g/mol. The SMILES string of the molecule is CC(=O)N1CCN(CCCCOc2cc3n(n2)CCCC3)CC1. The number of rotatable bonds is 6. The Bertz CT molecular complexity index is 497. The molecule has 1 saturated heterocycles. The smallest absolute Gasteiger partial charge is 0.232 e. The zero-order chi connectivity index (χ0) is 16.1. The van der Waals surface area contributed by atoms with Gasteiger partial charge in [-0.25, -0.2) is 0 Å². The van der Waals surface area contributed by atoms with E-state index in [0.29, 0.717) is 0 Å². The van der Waals surface area contributed by atoms with Crippen molar-refractivity contribution in [1.29, 1.82) is 0 Å². The van der Waals surface area contributed by atoms with Gasteiger partial charge in [-0.1, -0.05) is 0 Å². The Hall–Kier alpha value is -1.56. The second-order valence-corrected chi connectivity index (χ2v) is 6.56. The normalized spacial score (nSPS) is 18.7. The number of ether oxygens (including phenoxy) is 1. The van der Waals surface area contributed by atoms with Gasteiger partial charge in [0.05, 0.1) is 6.61 Å². The molecule has 2 aliphatic heterocycles. The minimum Gasteiger partial charge on any atom is -0.477 e. The minimum absolute atomic E-state index is 0.195. The van der Waals surface area contributed by atoms with Crippen molar-refractivity contribution in [1.82, 2.24) is 19.6 Å². The van der Waals surface area contributed by atoms with Crippen LogP contribution in [0.4, 0.5) is 0 Å². The van der Waals surface area contributed by atoms with Crippen LogP contribution in [0.15, 0.2) is 6.07 Å². The Balaban J connectivity index is 1.29. The molecule has 1 amide bonds. The largest absolute Gasteiger partial charge is 0.477 e. The molecule has 0 saturated carbocycles. The Labute approximate surface area is 138 Å². The molecule has 0 atom stereocenters. The number of nitrogens with zero attached hydrogens (tertiary/aromatic N) is 4. The molecule has 3 heterocycles. The van der Waals surface area contributed by atoms with Gasteiger partial charge >= 0.3 is 0 Å². The van der Waals surface area contributed by atoms with E-state index in [1.54, 1.807) is 6.92 Å². The maximum absolute atomic E-state index is 11.3. The molecular formula is C17H28N4O2. The molecule has 1 fully saturated rings. The Morgan fingerprint density at radius 1 is 1.17 bits per heavy atom. The lowest BCUT2D eigenvalue weighted by Gasteiger charge is -2.34. The van der Waals surface area contributed by atoms with Crippen LogP contribution in [0.25, 0.3) is 0 Å². The molecule has 0 unspecified atom stereocenters. The number of hydrogen-bond acceptors (Lipinski definition) is 4. The van der Waals surface area contributed by atoms with E-state index in [1.165, 1.54) is 18.5 Å². The summed E-state index contributed by atoms with van der Waals surface area (Å²) in [6.07, 6.45) is 5.80. The van der Waals surface area contributed by atoms with Crippen LogP contribution in [0.1, 0.15) is 38.3 Å². The number of hydrogen-bond donors (Lipinski definition) is 0. The van der Waals surface area contributed by atoms with Gasteiger partial charge in [0.25, 0.3) is 0 Å². The minimum atomic E-state index is 0.195. The van der Waals surface area contributed by atoms with E-state index in [4.69, 9.17) is 4.74 Å². The van der Waals surface area contributed by atoms with Gasteiger partial charge < -0.3 is 9.64 Å². The first-order valence-electron chi connectivity index (χ1n) is 8.90. The number of amides is 1. The second kappa shape index (κ2) is 7.81. The molecule has 0 aliphatic carbocycles. The van der Waals surface area contributed by atoms with Crippen LogP contribution in [0.2, 0.25) is 0 Å². The Morgan fingerprint density at radius 3 is 2.74 bits per heavy atom. The Morgan fingerprint density at radius 2 is 2.00 bits per heavy atom. The van der Waals surface area contributed by atoms with Crippen LogP contribution in [-0.4, -0.2) is 64.8 Å². The van der Waals surface area contributed by atoms with Gasteiger partial charge in [-0.15, -0.1) is 5.10 Å². The van der Waals surface area contributed by atoms with Crippen LogP contribution in [0, 0.1) is 0 Å². The summed E-state index contributed by atoms with van der Waals surface area (Å²) in [5.74, 6) is 0.984. The predicted octanol–water partition coefficient (Wildman–Crippen LogP) is 1.54. The van der Waals surface area contributed by atoms with E-state index in [2.05, 4.69) is 20.7 Å². The summed E-state index contributed by atoms with van der Waals surface area (Å²) >= 11 is 0. The molecule has 0 radical (unpaired) electrons. The number of carbonyl (C=O) groups is 1. The van der Waals surface area contributed by atoms with Crippen molar-refractivity contribution in [2.75, 3.05) is 39.3 Å². The fourth-order valence-corrected chi connectivity index (χ4v) is 3.36. The van der Waals surface area contributed by atoms with Crippen LogP contribution in [-0.2, 0) is 17.8 Å². The molecule has 1 aromatic rings. The molecule has 3 rings (SSSR count). The quantitative estimate of drug-likeness (QED) is 0.746. The Kier molecular flexibility index (Phi) is 5.54. The molecule has 0 aromatic carbocycles. The van der Waals surface area contributed by atoms with Crippen molar-refractivity contribution in [2.24, 2.45) is 0 Å². The lowest BCUT2D eigenvalue weighted by atomic mass is 10.1. The fraction of sp³-hybridized carbons (Fsp3) is 0.765. The third kappa shape index (κ3) is 4.47. The van der Waals surface area contributed by atoms with Gasteiger partial charge in [-0.3, -0.25) is 14.4 Å². The van der Waals surface area contributed by atoms with Gasteiger partial charge in [-0.2, -0.15) is 0 Å². The van der Waals surface area contributed by atoms with E-state index in [0.717, 1.165) is 71.0 Å². The summed E-state index contributed by atoms with van der Waals surface area (Å²) < 4.78 is 7.88. The lowest BCUT2D eigenvalue weighted by molar-refractivity contribution is -0.130. The molecule has 6 heteroatoms. The third-order valence-electron chi connectivity index (χ3n) is 4.83. The summed E-state index contributed by atoms with van der Waals surface area (Å²) in [6, 6.07) is 2.10. The summed E-state index contributed by atoms with van der Waals surface area (Å²) in [5, 5.41) is 4.51. The van der Waals surface area contributed by atoms with Crippen molar-refractivity contribution in [3.8, 4) is 5.88 Å². The highest BCUT2D eigenvalue weighted by molar-refractivity contribution is 5.73. The van der Waals surface area contributed by atoms with Crippen LogP contribution >= 0.6 is 0 Å². The maximum Gasteiger partial charge on any atom is 0.232 e. The van der Waals surface area contributed by atoms with Crippen LogP contribution in [0.5, 0.6) is 5.88 Å². The summed E-state index contributed by atoms with van der Waals surface area (Å²) in [6.45, 7) is 8.24. The molecule has 0 bridgehead atoms. The van der Waals surface area contributed by atoms with Gasteiger partial charge in [-0.05, 0) is 38.6 Å². The second-order valence-electron chi connectivity index (χ2n) is 6.56. The summed E-state index contributed by atoms with van der Waals surface area (Å²) in [5.41, 5.74) is 1.31. The molecule has 23 heavy (non-hydrogen) atoms. The van der Waals surface area contributed by atoms with Crippen molar-refractivity contribution >= 4 is 5.91 Å². The van der Waals surface area contributed by atoms with Crippen molar-refractivity contribution < 1.29 is 9.53 Å². The first-order chi connectivity index (χ1) is 11.2. The number of aromatic nitrogens is 2. The van der Waals surface area contributed by atoms with Gasteiger partial charge in [0, 0.05) is 51.4 Å². The number of fused-ring (bicyclic) bond motifs is 1. The number of aryl methyl sites for hydroxylation is 2. The zero-order valence-electron chi connectivity index (χ0n) is 14.2. The maximum atomic E-state index is 11.3. The first-order valence-corrected chi connectivity index (χ1v) is 8.90. The van der Waals surface area contributed by atoms with Crippen LogP contribution < -0.4 is 4.74 Å². The fourth-order valence-electron chi connectivity index (χ4n) is 3.36. The van der Waals surface area contributed by atoms with Crippen molar-refractivity contribution in [3.63, 3.8) is 0 Å². The average Bonchev–Trinajstić information content (AvgIpc) is 2.97. The van der Waals surface area contributed by atoms with Crippen LogP contribution in [0.3, 0.4) is 0 Å². The van der Waals surface area contributed by atoms with E-state index in [-0.39, 0.29) is 5.91 Å². The molecule has 0 spiro atoms.